The summed E-state index contributed by atoms with van der Waals surface area (Å²) in [7, 11) is 0. The van der Waals surface area contributed by atoms with Gasteiger partial charge in [0.1, 0.15) is 0 Å². The van der Waals surface area contributed by atoms with E-state index in [1.165, 1.54) is 12.1 Å². The number of carbonyl (C=O) groups excluding carboxylic acids is 2. The number of nitrogens with two attached hydrogens (primary N) is 2. The quantitative estimate of drug-likeness (QED) is 0.498. The van der Waals surface area contributed by atoms with Crippen LogP contribution in [0.15, 0.2) is 24.3 Å². The molecule has 62 valence electrons. The SMILES string of the molecule is NC(=O)c1ccccc1C(N)=O.[K+]. The second-order valence-electron chi connectivity index (χ2n) is 2.27. The van der Waals surface area contributed by atoms with Gasteiger partial charge in [0.15, 0.2) is 0 Å². The third-order valence-electron chi connectivity index (χ3n) is 1.46. The Hall–Kier alpha value is -0.204. The molecule has 0 radical (unpaired) electrons. The second kappa shape index (κ2) is 5.51. The zero-order valence-corrected chi connectivity index (χ0v) is 10.4. The minimum absolute atomic E-state index is 0. The van der Waals surface area contributed by atoms with Crippen LogP contribution in [0.2, 0.25) is 0 Å². The molecule has 5 heteroatoms. The molecular formula is C8H8KN2O2+. The third-order valence-corrected chi connectivity index (χ3v) is 1.46. The van der Waals surface area contributed by atoms with Gasteiger partial charge in [0.2, 0.25) is 11.8 Å². The van der Waals surface area contributed by atoms with E-state index in [0.717, 1.165) is 0 Å². The van der Waals surface area contributed by atoms with Gasteiger partial charge in [0.25, 0.3) is 0 Å². The summed E-state index contributed by atoms with van der Waals surface area (Å²) in [5, 5.41) is 0. The van der Waals surface area contributed by atoms with Crippen LogP contribution in [0.1, 0.15) is 20.7 Å². The second-order valence-corrected chi connectivity index (χ2v) is 2.27. The molecule has 0 fully saturated rings. The van der Waals surface area contributed by atoms with Gasteiger partial charge in [-0.05, 0) is 12.1 Å². The molecule has 0 unspecified atom stereocenters. The van der Waals surface area contributed by atoms with Gasteiger partial charge in [-0.2, -0.15) is 0 Å². The zero-order valence-electron chi connectivity index (χ0n) is 7.28. The van der Waals surface area contributed by atoms with Crippen LogP contribution in [0.25, 0.3) is 0 Å². The van der Waals surface area contributed by atoms with E-state index < -0.39 is 11.8 Å². The summed E-state index contributed by atoms with van der Waals surface area (Å²) in [5.74, 6) is -1.30. The van der Waals surface area contributed by atoms with E-state index in [0.29, 0.717) is 0 Å². The molecule has 0 spiro atoms. The standard InChI is InChI=1S/C8H8N2O2.K/c9-7(11)5-3-1-2-4-6(5)8(10)12;/h1-4H,(H2,9,11)(H2,10,12);/q;+1. The molecule has 2 amide bonds. The van der Waals surface area contributed by atoms with Crippen molar-refractivity contribution in [3.8, 4) is 0 Å². The molecular weight excluding hydrogens is 195 g/mol. The summed E-state index contributed by atoms with van der Waals surface area (Å²) in [4.78, 5) is 21.5. The Morgan fingerprint density at radius 2 is 1.23 bits per heavy atom. The molecule has 4 N–H and O–H groups in total. The van der Waals surface area contributed by atoms with Crippen LogP contribution in [0.4, 0.5) is 0 Å². The maximum absolute atomic E-state index is 10.7. The minimum Gasteiger partial charge on any atom is -0.366 e. The van der Waals surface area contributed by atoms with E-state index in [2.05, 4.69) is 0 Å². The van der Waals surface area contributed by atoms with Gasteiger partial charge in [-0.1, -0.05) is 12.1 Å². The fourth-order valence-corrected chi connectivity index (χ4v) is 0.913. The molecule has 0 aliphatic carbocycles. The van der Waals surface area contributed by atoms with Crippen LogP contribution < -0.4 is 62.9 Å². The predicted octanol–water partition coefficient (Wildman–Crippen LogP) is -3.11. The summed E-state index contributed by atoms with van der Waals surface area (Å²) >= 11 is 0. The largest absolute Gasteiger partial charge is 1.00 e. The summed E-state index contributed by atoms with van der Waals surface area (Å²) in [6.45, 7) is 0. The molecule has 0 saturated heterocycles. The minimum atomic E-state index is -0.649. The molecule has 0 aromatic heterocycles. The maximum atomic E-state index is 10.7. The van der Waals surface area contributed by atoms with E-state index in [4.69, 9.17) is 11.5 Å². The molecule has 0 atom stereocenters. The average molecular weight is 203 g/mol. The summed E-state index contributed by atoms with van der Waals surface area (Å²) in [6.07, 6.45) is 0. The van der Waals surface area contributed by atoms with Crippen LogP contribution in [-0.4, -0.2) is 11.8 Å². The van der Waals surface area contributed by atoms with Gasteiger partial charge in [0, 0.05) is 0 Å². The van der Waals surface area contributed by atoms with Gasteiger partial charge in [-0.15, -0.1) is 0 Å². The number of hydrogen-bond acceptors (Lipinski definition) is 2. The Morgan fingerprint density at radius 1 is 0.923 bits per heavy atom. The molecule has 1 aromatic carbocycles. The van der Waals surface area contributed by atoms with Crippen molar-refractivity contribution in [2.45, 2.75) is 0 Å². The van der Waals surface area contributed by atoms with Gasteiger partial charge in [-0.25, -0.2) is 0 Å². The molecule has 0 aliphatic heterocycles. The summed E-state index contributed by atoms with van der Waals surface area (Å²) in [6, 6.07) is 6.16. The van der Waals surface area contributed by atoms with Crippen molar-refractivity contribution in [2.75, 3.05) is 0 Å². The van der Waals surface area contributed by atoms with E-state index in [1.54, 1.807) is 12.1 Å². The van der Waals surface area contributed by atoms with Crippen LogP contribution in [0.3, 0.4) is 0 Å². The first-order valence-electron chi connectivity index (χ1n) is 3.31. The Balaban J connectivity index is 0.00000144. The first-order valence-corrected chi connectivity index (χ1v) is 3.31. The van der Waals surface area contributed by atoms with Crippen molar-refractivity contribution in [1.29, 1.82) is 0 Å². The maximum Gasteiger partial charge on any atom is 1.00 e. The number of rotatable bonds is 2. The normalized spacial score (nSPS) is 8.62. The number of primary amides is 2. The van der Waals surface area contributed by atoms with Crippen molar-refractivity contribution in [2.24, 2.45) is 11.5 Å². The molecule has 1 aromatic rings. The van der Waals surface area contributed by atoms with Crippen molar-refractivity contribution < 1.29 is 61.0 Å². The van der Waals surface area contributed by atoms with Gasteiger partial charge in [-0.3, -0.25) is 9.59 Å². The first kappa shape index (κ1) is 12.8. The van der Waals surface area contributed by atoms with Crippen molar-refractivity contribution in [3.63, 3.8) is 0 Å². The van der Waals surface area contributed by atoms with Gasteiger partial charge >= 0.3 is 51.4 Å². The molecule has 0 saturated carbocycles. The Kier molecular flexibility index (Phi) is 5.42. The van der Waals surface area contributed by atoms with Crippen LogP contribution in [0, 0.1) is 0 Å². The summed E-state index contributed by atoms with van der Waals surface area (Å²) in [5.41, 5.74) is 10.3. The smallest absolute Gasteiger partial charge is 0.366 e. The van der Waals surface area contributed by atoms with Gasteiger partial charge in [0.05, 0.1) is 11.1 Å². The fraction of sp³-hybridized carbons (Fsp3) is 0. The number of amides is 2. The Morgan fingerprint density at radius 3 is 1.46 bits per heavy atom. The first-order chi connectivity index (χ1) is 5.63. The molecule has 0 aliphatic rings. The molecule has 4 nitrogen and oxygen atoms in total. The fourth-order valence-electron chi connectivity index (χ4n) is 0.913. The average Bonchev–Trinajstić information content (AvgIpc) is 2.04. The van der Waals surface area contributed by atoms with Gasteiger partial charge < -0.3 is 11.5 Å². The predicted molar refractivity (Wildman–Crippen MR) is 43.5 cm³/mol. The number of benzene rings is 1. The molecule has 0 bridgehead atoms. The number of carbonyl (C=O) groups is 2. The van der Waals surface area contributed by atoms with E-state index >= 15 is 0 Å². The third kappa shape index (κ3) is 3.20. The molecule has 1 rings (SSSR count). The summed E-state index contributed by atoms with van der Waals surface area (Å²) < 4.78 is 0. The topological polar surface area (TPSA) is 86.2 Å². The van der Waals surface area contributed by atoms with Crippen LogP contribution in [-0.2, 0) is 0 Å². The Labute approximate surface area is 118 Å². The van der Waals surface area contributed by atoms with E-state index in [-0.39, 0.29) is 62.5 Å². The molecule has 0 heterocycles. The van der Waals surface area contributed by atoms with Crippen molar-refractivity contribution >= 4 is 11.8 Å². The monoisotopic (exact) mass is 203 g/mol. The Bertz CT molecular complexity index is 306. The number of hydrogen-bond donors (Lipinski definition) is 2. The van der Waals surface area contributed by atoms with Crippen molar-refractivity contribution in [3.05, 3.63) is 35.4 Å². The van der Waals surface area contributed by atoms with Crippen molar-refractivity contribution in [1.82, 2.24) is 0 Å². The van der Waals surface area contributed by atoms with E-state index in [1.807, 2.05) is 0 Å². The van der Waals surface area contributed by atoms with E-state index in [9.17, 15) is 9.59 Å². The van der Waals surface area contributed by atoms with Crippen LogP contribution in [0.5, 0.6) is 0 Å². The van der Waals surface area contributed by atoms with Crippen LogP contribution >= 0.6 is 0 Å². The zero-order chi connectivity index (χ0) is 9.14. The molecule has 13 heavy (non-hydrogen) atoms.